The predicted molar refractivity (Wildman–Crippen MR) is 73.4 cm³/mol. The van der Waals surface area contributed by atoms with Crippen molar-refractivity contribution < 1.29 is 4.74 Å². The number of hydrogen-bond acceptors (Lipinski definition) is 6. The van der Waals surface area contributed by atoms with Gasteiger partial charge in [0.2, 0.25) is 0 Å². The van der Waals surface area contributed by atoms with E-state index in [-0.39, 0.29) is 0 Å². The number of rotatable bonds is 8. The Morgan fingerprint density at radius 3 is 2.67 bits per heavy atom. The van der Waals surface area contributed by atoms with Gasteiger partial charge in [-0.2, -0.15) is 0 Å². The standard InChI is InChI=1S/C12H23N5O/c1-4-10-11(15-8-16-12(10)17-13)14-5-6-18-7-9(2)3/h8-9H,4-7,13H2,1-3H3,(H2,14,15,16,17). The topological polar surface area (TPSA) is 85.1 Å². The Morgan fingerprint density at radius 2 is 2.06 bits per heavy atom. The fourth-order valence-corrected chi connectivity index (χ4v) is 1.58. The summed E-state index contributed by atoms with van der Waals surface area (Å²) in [5, 5.41) is 3.24. The van der Waals surface area contributed by atoms with Crippen LogP contribution in [0.3, 0.4) is 0 Å². The number of hydrogen-bond donors (Lipinski definition) is 3. The van der Waals surface area contributed by atoms with Crippen LogP contribution in [0.25, 0.3) is 0 Å². The van der Waals surface area contributed by atoms with Crippen molar-refractivity contribution in [1.29, 1.82) is 0 Å². The summed E-state index contributed by atoms with van der Waals surface area (Å²) in [5.41, 5.74) is 3.57. The van der Waals surface area contributed by atoms with E-state index in [0.717, 1.165) is 31.0 Å². The van der Waals surface area contributed by atoms with Gasteiger partial charge in [-0.3, -0.25) is 0 Å². The SMILES string of the molecule is CCc1c(NN)ncnc1NCCOCC(C)C. The molecule has 0 aliphatic rings. The molecule has 0 atom stereocenters. The molecule has 4 N–H and O–H groups in total. The van der Waals surface area contributed by atoms with Crippen molar-refractivity contribution in [2.24, 2.45) is 11.8 Å². The predicted octanol–water partition coefficient (Wildman–Crippen LogP) is 1.41. The van der Waals surface area contributed by atoms with Crippen LogP contribution >= 0.6 is 0 Å². The van der Waals surface area contributed by atoms with E-state index in [1.807, 2.05) is 6.92 Å². The van der Waals surface area contributed by atoms with Gasteiger partial charge >= 0.3 is 0 Å². The van der Waals surface area contributed by atoms with Gasteiger partial charge in [0.1, 0.15) is 18.0 Å². The van der Waals surface area contributed by atoms with Gasteiger partial charge in [-0.1, -0.05) is 20.8 Å². The lowest BCUT2D eigenvalue weighted by molar-refractivity contribution is 0.118. The average Bonchev–Trinajstić information content (AvgIpc) is 2.37. The third-order valence-electron chi connectivity index (χ3n) is 2.43. The zero-order valence-electron chi connectivity index (χ0n) is 11.4. The molecule has 0 saturated carbocycles. The van der Waals surface area contributed by atoms with E-state index in [1.54, 1.807) is 0 Å². The lowest BCUT2D eigenvalue weighted by atomic mass is 10.2. The first kappa shape index (κ1) is 14.7. The van der Waals surface area contributed by atoms with Crippen molar-refractivity contribution >= 4 is 11.6 Å². The molecule has 6 nitrogen and oxygen atoms in total. The summed E-state index contributed by atoms with van der Waals surface area (Å²) in [6.07, 6.45) is 2.31. The summed E-state index contributed by atoms with van der Waals surface area (Å²) in [7, 11) is 0. The van der Waals surface area contributed by atoms with Gasteiger partial charge in [-0.05, 0) is 12.3 Å². The van der Waals surface area contributed by atoms with E-state index < -0.39 is 0 Å². The summed E-state index contributed by atoms with van der Waals surface area (Å²) >= 11 is 0. The molecule has 0 unspecified atom stereocenters. The highest BCUT2D eigenvalue weighted by Gasteiger charge is 2.07. The van der Waals surface area contributed by atoms with Crippen LogP contribution in [-0.2, 0) is 11.2 Å². The number of nitrogens with zero attached hydrogens (tertiary/aromatic N) is 2. The minimum Gasteiger partial charge on any atom is -0.379 e. The van der Waals surface area contributed by atoms with Crippen LogP contribution in [0.5, 0.6) is 0 Å². The molecule has 1 aromatic rings. The first-order chi connectivity index (χ1) is 8.69. The second-order valence-corrected chi connectivity index (χ2v) is 4.44. The van der Waals surface area contributed by atoms with Crippen molar-refractivity contribution in [3.05, 3.63) is 11.9 Å². The summed E-state index contributed by atoms with van der Waals surface area (Å²) in [6, 6.07) is 0. The van der Waals surface area contributed by atoms with E-state index in [9.17, 15) is 0 Å². The number of nitrogens with two attached hydrogens (primary N) is 1. The molecule has 0 spiro atoms. The maximum absolute atomic E-state index is 5.50. The molecule has 0 aliphatic heterocycles. The van der Waals surface area contributed by atoms with Crippen LogP contribution in [0.15, 0.2) is 6.33 Å². The summed E-state index contributed by atoms with van der Waals surface area (Å²) in [4.78, 5) is 8.30. The molecular weight excluding hydrogens is 230 g/mol. The van der Waals surface area contributed by atoms with E-state index in [4.69, 9.17) is 10.6 Å². The lowest BCUT2D eigenvalue weighted by Gasteiger charge is -2.13. The Morgan fingerprint density at radius 1 is 1.33 bits per heavy atom. The van der Waals surface area contributed by atoms with Crippen LogP contribution in [-0.4, -0.2) is 29.7 Å². The third kappa shape index (κ3) is 4.46. The monoisotopic (exact) mass is 253 g/mol. The van der Waals surface area contributed by atoms with E-state index in [1.165, 1.54) is 6.33 Å². The zero-order valence-corrected chi connectivity index (χ0v) is 11.4. The van der Waals surface area contributed by atoms with Crippen LogP contribution in [0.1, 0.15) is 26.3 Å². The Hall–Kier alpha value is -1.40. The smallest absolute Gasteiger partial charge is 0.148 e. The minimum atomic E-state index is 0.559. The highest BCUT2D eigenvalue weighted by molar-refractivity contribution is 5.56. The summed E-state index contributed by atoms with van der Waals surface area (Å²) in [6.45, 7) is 8.47. The number of aromatic nitrogens is 2. The quantitative estimate of drug-likeness (QED) is 0.369. The Kier molecular flexibility index (Phi) is 6.38. The third-order valence-corrected chi connectivity index (χ3v) is 2.43. The fraction of sp³-hybridized carbons (Fsp3) is 0.667. The first-order valence-corrected chi connectivity index (χ1v) is 6.31. The van der Waals surface area contributed by atoms with Gasteiger partial charge in [-0.15, -0.1) is 0 Å². The molecule has 0 aromatic carbocycles. The van der Waals surface area contributed by atoms with Gasteiger partial charge in [0.25, 0.3) is 0 Å². The highest BCUT2D eigenvalue weighted by atomic mass is 16.5. The number of nitrogen functional groups attached to an aromatic ring is 1. The fourth-order valence-electron chi connectivity index (χ4n) is 1.58. The van der Waals surface area contributed by atoms with Gasteiger partial charge in [0.05, 0.1) is 6.61 Å². The zero-order chi connectivity index (χ0) is 13.4. The van der Waals surface area contributed by atoms with Gasteiger partial charge < -0.3 is 15.5 Å². The molecule has 0 bridgehead atoms. The number of ether oxygens (including phenoxy) is 1. The van der Waals surface area contributed by atoms with Crippen molar-refractivity contribution in [3.8, 4) is 0 Å². The van der Waals surface area contributed by atoms with Crippen LogP contribution in [0.2, 0.25) is 0 Å². The van der Waals surface area contributed by atoms with Crippen LogP contribution < -0.4 is 16.6 Å². The van der Waals surface area contributed by atoms with E-state index >= 15 is 0 Å². The molecule has 0 radical (unpaired) electrons. The molecule has 18 heavy (non-hydrogen) atoms. The Bertz CT molecular complexity index is 356. The molecule has 6 heteroatoms. The Labute approximate surface area is 108 Å². The normalized spacial score (nSPS) is 10.7. The maximum atomic E-state index is 5.50. The van der Waals surface area contributed by atoms with Gasteiger partial charge in [0.15, 0.2) is 0 Å². The summed E-state index contributed by atoms with van der Waals surface area (Å²) in [5.74, 6) is 7.45. The lowest BCUT2D eigenvalue weighted by Crippen LogP contribution is -2.16. The van der Waals surface area contributed by atoms with Crippen molar-refractivity contribution in [3.63, 3.8) is 0 Å². The highest BCUT2D eigenvalue weighted by Crippen LogP contribution is 2.18. The molecule has 1 aromatic heterocycles. The Balaban J connectivity index is 2.46. The molecular formula is C12H23N5O. The van der Waals surface area contributed by atoms with Gasteiger partial charge in [-0.25, -0.2) is 15.8 Å². The van der Waals surface area contributed by atoms with Crippen molar-refractivity contribution in [1.82, 2.24) is 9.97 Å². The number of anilines is 2. The molecule has 102 valence electrons. The second-order valence-electron chi connectivity index (χ2n) is 4.44. The minimum absolute atomic E-state index is 0.559. The van der Waals surface area contributed by atoms with Gasteiger partial charge in [0, 0.05) is 18.7 Å². The van der Waals surface area contributed by atoms with Crippen LogP contribution in [0.4, 0.5) is 11.6 Å². The molecule has 1 heterocycles. The van der Waals surface area contributed by atoms with Crippen molar-refractivity contribution in [2.45, 2.75) is 27.2 Å². The summed E-state index contributed by atoms with van der Waals surface area (Å²) < 4.78 is 5.50. The largest absolute Gasteiger partial charge is 0.379 e. The molecule has 0 aliphatic carbocycles. The molecule has 0 fully saturated rings. The van der Waals surface area contributed by atoms with Crippen LogP contribution in [0, 0.1) is 5.92 Å². The first-order valence-electron chi connectivity index (χ1n) is 6.31. The maximum Gasteiger partial charge on any atom is 0.148 e. The average molecular weight is 253 g/mol. The number of hydrazine groups is 1. The molecule has 1 rings (SSSR count). The van der Waals surface area contributed by atoms with E-state index in [0.29, 0.717) is 18.3 Å². The number of nitrogens with one attached hydrogen (secondary N) is 2. The second kappa shape index (κ2) is 7.84. The molecule has 0 amide bonds. The van der Waals surface area contributed by atoms with E-state index in [2.05, 4.69) is 34.6 Å². The van der Waals surface area contributed by atoms with Crippen molar-refractivity contribution in [2.75, 3.05) is 30.5 Å². The molecule has 0 saturated heterocycles.